The van der Waals surface area contributed by atoms with Gasteiger partial charge in [-0.05, 0) is 24.3 Å². The summed E-state index contributed by atoms with van der Waals surface area (Å²) in [6, 6.07) is 9.95. The van der Waals surface area contributed by atoms with Gasteiger partial charge >= 0.3 is 0 Å². The van der Waals surface area contributed by atoms with Gasteiger partial charge in [0.1, 0.15) is 11.9 Å². The minimum Gasteiger partial charge on any atom is -0.373 e. The highest BCUT2D eigenvalue weighted by molar-refractivity contribution is 6.35. The number of H-pyrrole nitrogens is 1. The molecular weight excluding hydrogens is 330 g/mol. The summed E-state index contributed by atoms with van der Waals surface area (Å²) < 4.78 is 0. The van der Waals surface area contributed by atoms with Gasteiger partial charge in [-0.15, -0.1) is 0 Å². The van der Waals surface area contributed by atoms with E-state index in [1.54, 1.807) is 42.6 Å². The second-order valence-electron chi connectivity index (χ2n) is 5.56. The van der Waals surface area contributed by atoms with Crippen LogP contribution in [0.4, 0.5) is 0 Å². The van der Waals surface area contributed by atoms with Gasteiger partial charge < -0.3 is 10.1 Å². The molecule has 3 aromatic rings. The molecule has 3 heterocycles. The highest BCUT2D eigenvalue weighted by Gasteiger charge is 2.39. The van der Waals surface area contributed by atoms with Crippen molar-refractivity contribution in [1.29, 1.82) is 0 Å². The minimum absolute atomic E-state index is 0.0676. The van der Waals surface area contributed by atoms with E-state index in [0.29, 0.717) is 27.5 Å². The normalized spacial score (nSPS) is 15.2. The first-order valence-corrected chi connectivity index (χ1v) is 7.71. The molecule has 0 spiro atoms. The van der Waals surface area contributed by atoms with Crippen molar-refractivity contribution < 1.29 is 14.7 Å². The van der Waals surface area contributed by atoms with Crippen molar-refractivity contribution in [2.45, 2.75) is 12.6 Å². The maximum Gasteiger partial charge on any atom is 0.263 e. The monoisotopic (exact) mass is 341 g/mol. The molecule has 0 aliphatic carbocycles. The van der Waals surface area contributed by atoms with E-state index in [9.17, 15) is 14.7 Å². The molecule has 4 rings (SSSR count). The number of hydrogen-bond acceptors (Lipinski definition) is 4. The number of hydrogen-bond donors (Lipinski definition) is 2. The quantitative estimate of drug-likeness (QED) is 0.716. The van der Waals surface area contributed by atoms with Crippen LogP contribution in [0.1, 0.15) is 26.4 Å². The third kappa shape index (κ3) is 2.19. The molecule has 7 heteroatoms. The van der Waals surface area contributed by atoms with E-state index < -0.39 is 18.0 Å². The molecule has 0 saturated carbocycles. The zero-order valence-corrected chi connectivity index (χ0v) is 13.1. The first-order chi connectivity index (χ1) is 11.6. The fourth-order valence-corrected chi connectivity index (χ4v) is 3.13. The van der Waals surface area contributed by atoms with Crippen LogP contribution in [-0.4, -0.2) is 38.0 Å². The van der Waals surface area contributed by atoms with Crippen LogP contribution in [0.3, 0.4) is 0 Å². The summed E-state index contributed by atoms with van der Waals surface area (Å²) in [5.74, 6) is -0.981. The Kier molecular flexibility index (Phi) is 3.37. The standard InChI is InChI=1S/C17H12ClN3O3/c18-13-5-6-19-15-12(13)7-9(20-15)8-14(22)21-16(23)10-3-1-2-4-11(10)17(21)24/h1-7,14,22H,8H2,(H,19,20). The van der Waals surface area contributed by atoms with Crippen LogP contribution in [0.25, 0.3) is 11.0 Å². The Balaban J connectivity index is 1.62. The van der Waals surface area contributed by atoms with E-state index in [-0.39, 0.29) is 6.42 Å². The number of aliphatic hydroxyl groups excluding tert-OH is 1. The number of benzene rings is 1. The number of halogens is 1. The Hall–Kier alpha value is -2.70. The number of aromatic nitrogens is 2. The third-order valence-corrected chi connectivity index (χ3v) is 4.39. The lowest BCUT2D eigenvalue weighted by Gasteiger charge is -2.20. The average molecular weight is 342 g/mol. The van der Waals surface area contributed by atoms with Crippen molar-refractivity contribution in [2.75, 3.05) is 0 Å². The number of nitrogens with one attached hydrogen (secondary N) is 1. The largest absolute Gasteiger partial charge is 0.373 e. The number of rotatable bonds is 3. The van der Waals surface area contributed by atoms with Gasteiger partial charge in [0.25, 0.3) is 11.8 Å². The van der Waals surface area contributed by atoms with Gasteiger partial charge in [0, 0.05) is 23.7 Å². The Bertz CT molecular complexity index is 947. The zero-order valence-electron chi connectivity index (χ0n) is 12.4. The van der Waals surface area contributed by atoms with Crippen LogP contribution in [0.2, 0.25) is 5.02 Å². The predicted octanol–water partition coefficient (Wildman–Crippen LogP) is 2.37. The maximum absolute atomic E-state index is 12.4. The summed E-state index contributed by atoms with van der Waals surface area (Å²) in [5.41, 5.74) is 1.84. The molecule has 1 aliphatic heterocycles. The lowest BCUT2D eigenvalue weighted by Crippen LogP contribution is -2.41. The summed E-state index contributed by atoms with van der Waals surface area (Å²) >= 11 is 6.10. The zero-order chi connectivity index (χ0) is 16.8. The van der Waals surface area contributed by atoms with Gasteiger partial charge in [-0.1, -0.05) is 23.7 Å². The second kappa shape index (κ2) is 5.43. The van der Waals surface area contributed by atoms with Crippen molar-refractivity contribution in [1.82, 2.24) is 14.9 Å². The molecule has 120 valence electrons. The van der Waals surface area contributed by atoms with Crippen molar-refractivity contribution in [3.63, 3.8) is 0 Å². The van der Waals surface area contributed by atoms with Crippen molar-refractivity contribution >= 4 is 34.4 Å². The van der Waals surface area contributed by atoms with Gasteiger partial charge in [-0.25, -0.2) is 9.88 Å². The fraction of sp³-hybridized carbons (Fsp3) is 0.118. The number of aliphatic hydroxyl groups is 1. The molecule has 1 aromatic carbocycles. The SMILES string of the molecule is O=C1c2ccccc2C(=O)N1C(O)Cc1cc2c(Cl)ccnc2[nH]1. The summed E-state index contributed by atoms with van der Waals surface area (Å²) in [6.45, 7) is 0. The lowest BCUT2D eigenvalue weighted by molar-refractivity contribution is 0.0140. The number of pyridine rings is 1. The van der Waals surface area contributed by atoms with E-state index in [1.165, 1.54) is 0 Å². The summed E-state index contributed by atoms with van der Waals surface area (Å²) in [5, 5.41) is 11.7. The maximum atomic E-state index is 12.4. The molecule has 1 unspecified atom stereocenters. The molecule has 0 radical (unpaired) electrons. The molecule has 2 N–H and O–H groups in total. The van der Waals surface area contributed by atoms with Crippen LogP contribution in [0.15, 0.2) is 42.6 Å². The van der Waals surface area contributed by atoms with Gasteiger partial charge in [-0.3, -0.25) is 9.59 Å². The molecular formula is C17H12ClN3O3. The second-order valence-corrected chi connectivity index (χ2v) is 5.97. The third-order valence-electron chi connectivity index (χ3n) is 4.06. The predicted molar refractivity (Wildman–Crippen MR) is 87.8 cm³/mol. The fourth-order valence-electron chi connectivity index (χ4n) is 2.93. The Morgan fingerprint density at radius 1 is 1.17 bits per heavy atom. The Morgan fingerprint density at radius 3 is 2.46 bits per heavy atom. The Morgan fingerprint density at radius 2 is 1.83 bits per heavy atom. The van der Waals surface area contributed by atoms with E-state index in [2.05, 4.69) is 9.97 Å². The molecule has 1 aliphatic rings. The van der Waals surface area contributed by atoms with Gasteiger partial charge in [0.15, 0.2) is 0 Å². The smallest absolute Gasteiger partial charge is 0.263 e. The van der Waals surface area contributed by atoms with E-state index in [0.717, 1.165) is 10.3 Å². The van der Waals surface area contributed by atoms with Crippen LogP contribution in [-0.2, 0) is 6.42 Å². The molecule has 2 amide bonds. The number of fused-ring (bicyclic) bond motifs is 2. The summed E-state index contributed by atoms with van der Waals surface area (Å²) in [6.07, 6.45) is 0.369. The molecule has 0 saturated heterocycles. The van der Waals surface area contributed by atoms with E-state index in [1.807, 2.05) is 0 Å². The first kappa shape index (κ1) is 14.9. The topological polar surface area (TPSA) is 86.3 Å². The van der Waals surface area contributed by atoms with Crippen molar-refractivity contribution in [3.05, 3.63) is 64.4 Å². The van der Waals surface area contributed by atoms with Gasteiger partial charge in [0.2, 0.25) is 0 Å². The molecule has 2 aromatic heterocycles. The highest BCUT2D eigenvalue weighted by atomic mass is 35.5. The highest BCUT2D eigenvalue weighted by Crippen LogP contribution is 2.26. The minimum atomic E-state index is -1.27. The summed E-state index contributed by atoms with van der Waals surface area (Å²) in [7, 11) is 0. The molecule has 6 nitrogen and oxygen atoms in total. The number of aromatic amines is 1. The van der Waals surface area contributed by atoms with Crippen LogP contribution in [0, 0.1) is 0 Å². The molecule has 0 bridgehead atoms. The number of carbonyl (C=O) groups excluding carboxylic acids is 2. The molecule has 1 atom stereocenters. The van der Waals surface area contributed by atoms with Crippen molar-refractivity contribution in [2.24, 2.45) is 0 Å². The van der Waals surface area contributed by atoms with E-state index in [4.69, 9.17) is 11.6 Å². The van der Waals surface area contributed by atoms with E-state index >= 15 is 0 Å². The lowest BCUT2D eigenvalue weighted by atomic mass is 10.1. The molecule has 0 fully saturated rings. The summed E-state index contributed by atoms with van der Waals surface area (Å²) in [4.78, 5) is 32.8. The van der Waals surface area contributed by atoms with Crippen LogP contribution < -0.4 is 0 Å². The number of nitrogens with zero attached hydrogens (tertiary/aromatic N) is 2. The van der Waals surface area contributed by atoms with Gasteiger partial charge in [-0.2, -0.15) is 0 Å². The van der Waals surface area contributed by atoms with Crippen molar-refractivity contribution in [3.8, 4) is 0 Å². The molecule has 24 heavy (non-hydrogen) atoms. The number of imide groups is 1. The Labute approximate surface area is 141 Å². The number of amides is 2. The first-order valence-electron chi connectivity index (χ1n) is 7.33. The van der Waals surface area contributed by atoms with Crippen LogP contribution >= 0.6 is 11.6 Å². The number of carbonyl (C=O) groups is 2. The van der Waals surface area contributed by atoms with Crippen LogP contribution in [0.5, 0.6) is 0 Å². The van der Waals surface area contributed by atoms with Gasteiger partial charge in [0.05, 0.1) is 16.1 Å². The average Bonchev–Trinajstić information content (AvgIpc) is 3.08.